The Balaban J connectivity index is 2.20. The summed E-state index contributed by atoms with van der Waals surface area (Å²) in [4.78, 5) is 4.25. The molecule has 1 unspecified atom stereocenters. The number of methoxy groups -OCH3 is 2. The molecule has 0 saturated carbocycles. The van der Waals surface area contributed by atoms with Crippen molar-refractivity contribution >= 4 is 11.6 Å². The van der Waals surface area contributed by atoms with Gasteiger partial charge in [0.1, 0.15) is 0 Å². The summed E-state index contributed by atoms with van der Waals surface area (Å²) in [6.07, 6.45) is 3.57. The van der Waals surface area contributed by atoms with E-state index in [-0.39, 0.29) is 11.8 Å². The first-order valence-electron chi connectivity index (χ1n) is 6.28. The Morgan fingerprint density at radius 2 is 2.20 bits per heavy atom. The minimum Gasteiger partial charge on any atom is -0.494 e. The van der Waals surface area contributed by atoms with Crippen molar-refractivity contribution in [2.45, 2.75) is 13.0 Å². The zero-order chi connectivity index (χ0) is 14.5. The lowest BCUT2D eigenvalue weighted by Gasteiger charge is -2.16. The van der Waals surface area contributed by atoms with Crippen molar-refractivity contribution in [2.24, 2.45) is 0 Å². The topological polar surface area (TPSA) is 48.3 Å². The molecule has 0 bridgehead atoms. The SMILES string of the molecule is COCC(C)n1ccnc1Nc1ccc(F)c(OC)c1. The highest BCUT2D eigenvalue weighted by Crippen LogP contribution is 2.24. The van der Waals surface area contributed by atoms with Gasteiger partial charge in [-0.2, -0.15) is 0 Å². The molecule has 6 heteroatoms. The van der Waals surface area contributed by atoms with Crippen LogP contribution in [0.2, 0.25) is 0 Å². The van der Waals surface area contributed by atoms with Crippen LogP contribution in [0.4, 0.5) is 16.0 Å². The molecule has 0 spiro atoms. The van der Waals surface area contributed by atoms with Gasteiger partial charge in [-0.05, 0) is 19.1 Å². The minimum absolute atomic E-state index is 0.146. The second-order valence-electron chi connectivity index (χ2n) is 4.44. The summed E-state index contributed by atoms with van der Waals surface area (Å²) in [5, 5.41) is 3.14. The predicted molar refractivity (Wildman–Crippen MR) is 75.0 cm³/mol. The highest BCUT2D eigenvalue weighted by Gasteiger charge is 2.11. The molecule has 2 rings (SSSR count). The van der Waals surface area contributed by atoms with Crippen molar-refractivity contribution in [1.29, 1.82) is 0 Å². The molecule has 0 fully saturated rings. The molecule has 0 aliphatic carbocycles. The number of nitrogens with one attached hydrogen (secondary N) is 1. The van der Waals surface area contributed by atoms with Crippen LogP contribution in [0, 0.1) is 5.82 Å². The van der Waals surface area contributed by atoms with Gasteiger partial charge < -0.3 is 19.4 Å². The number of hydrogen-bond donors (Lipinski definition) is 1. The third-order valence-corrected chi connectivity index (χ3v) is 2.96. The fourth-order valence-electron chi connectivity index (χ4n) is 1.95. The lowest BCUT2D eigenvalue weighted by atomic mass is 10.3. The van der Waals surface area contributed by atoms with E-state index in [1.807, 2.05) is 17.7 Å². The number of halogens is 1. The monoisotopic (exact) mass is 279 g/mol. The summed E-state index contributed by atoms with van der Waals surface area (Å²) in [6, 6.07) is 4.73. The number of ether oxygens (including phenoxy) is 2. The summed E-state index contributed by atoms with van der Waals surface area (Å²) in [5.74, 6) is 0.468. The van der Waals surface area contributed by atoms with E-state index in [2.05, 4.69) is 10.3 Å². The Morgan fingerprint density at radius 3 is 2.90 bits per heavy atom. The number of nitrogens with zero attached hydrogens (tertiary/aromatic N) is 2. The highest BCUT2D eigenvalue weighted by molar-refractivity contribution is 5.56. The summed E-state index contributed by atoms with van der Waals surface area (Å²) in [5.41, 5.74) is 0.709. The maximum atomic E-state index is 13.4. The summed E-state index contributed by atoms with van der Waals surface area (Å²) in [6.45, 7) is 2.61. The van der Waals surface area contributed by atoms with Gasteiger partial charge in [-0.25, -0.2) is 9.37 Å². The van der Waals surface area contributed by atoms with Crippen molar-refractivity contribution in [3.8, 4) is 5.75 Å². The van der Waals surface area contributed by atoms with E-state index in [1.54, 1.807) is 25.4 Å². The maximum Gasteiger partial charge on any atom is 0.207 e. The quantitative estimate of drug-likeness (QED) is 0.883. The molecule has 1 atom stereocenters. The lowest BCUT2D eigenvalue weighted by molar-refractivity contribution is 0.163. The van der Waals surface area contributed by atoms with Crippen LogP contribution in [0.3, 0.4) is 0 Å². The van der Waals surface area contributed by atoms with Crippen molar-refractivity contribution in [2.75, 3.05) is 26.1 Å². The first-order valence-corrected chi connectivity index (χ1v) is 6.28. The highest BCUT2D eigenvalue weighted by atomic mass is 19.1. The van der Waals surface area contributed by atoms with Crippen LogP contribution in [0.1, 0.15) is 13.0 Å². The van der Waals surface area contributed by atoms with Crippen molar-refractivity contribution < 1.29 is 13.9 Å². The standard InChI is InChI=1S/C14H18FN3O2/c1-10(9-19-2)18-7-6-16-14(18)17-11-4-5-12(15)13(8-11)20-3/h4-8,10H,9H2,1-3H3,(H,16,17). The van der Waals surface area contributed by atoms with Gasteiger partial charge in [0, 0.05) is 31.3 Å². The molecule has 108 valence electrons. The van der Waals surface area contributed by atoms with Crippen molar-refractivity contribution in [1.82, 2.24) is 9.55 Å². The van der Waals surface area contributed by atoms with Gasteiger partial charge in [0.2, 0.25) is 5.95 Å². The molecule has 0 saturated heterocycles. The zero-order valence-electron chi connectivity index (χ0n) is 11.8. The fourth-order valence-corrected chi connectivity index (χ4v) is 1.95. The molecule has 20 heavy (non-hydrogen) atoms. The third-order valence-electron chi connectivity index (χ3n) is 2.96. The van der Waals surface area contributed by atoms with Gasteiger partial charge in [-0.3, -0.25) is 0 Å². The number of benzene rings is 1. The van der Waals surface area contributed by atoms with E-state index in [9.17, 15) is 4.39 Å². The number of rotatable bonds is 6. The molecule has 0 amide bonds. The van der Waals surface area contributed by atoms with Crippen LogP contribution in [0.15, 0.2) is 30.6 Å². The molecule has 1 heterocycles. The molecule has 0 aliphatic heterocycles. The largest absolute Gasteiger partial charge is 0.494 e. The molecular formula is C14H18FN3O2. The van der Waals surface area contributed by atoms with E-state index in [1.165, 1.54) is 13.2 Å². The summed E-state index contributed by atoms with van der Waals surface area (Å²) in [7, 11) is 3.09. The van der Waals surface area contributed by atoms with Crippen LogP contribution in [0.25, 0.3) is 0 Å². The van der Waals surface area contributed by atoms with Crippen LogP contribution >= 0.6 is 0 Å². The average molecular weight is 279 g/mol. The van der Waals surface area contributed by atoms with E-state index >= 15 is 0 Å². The molecule has 0 aliphatic rings. The molecule has 5 nitrogen and oxygen atoms in total. The van der Waals surface area contributed by atoms with Gasteiger partial charge in [-0.1, -0.05) is 0 Å². The van der Waals surface area contributed by atoms with Gasteiger partial charge in [0.15, 0.2) is 11.6 Å². The first-order chi connectivity index (χ1) is 9.65. The molecular weight excluding hydrogens is 261 g/mol. The molecule has 1 aromatic carbocycles. The second-order valence-corrected chi connectivity index (χ2v) is 4.44. The molecule has 1 N–H and O–H groups in total. The zero-order valence-corrected chi connectivity index (χ0v) is 11.8. The van der Waals surface area contributed by atoms with Gasteiger partial charge in [0.25, 0.3) is 0 Å². The Morgan fingerprint density at radius 1 is 1.40 bits per heavy atom. The van der Waals surface area contributed by atoms with E-state index < -0.39 is 5.82 Å². The lowest BCUT2D eigenvalue weighted by Crippen LogP contribution is -2.12. The van der Waals surface area contributed by atoms with Crippen LogP contribution < -0.4 is 10.1 Å². The molecule has 0 radical (unpaired) electrons. The van der Waals surface area contributed by atoms with Gasteiger partial charge in [-0.15, -0.1) is 0 Å². The van der Waals surface area contributed by atoms with Crippen LogP contribution in [-0.2, 0) is 4.74 Å². The van der Waals surface area contributed by atoms with Gasteiger partial charge in [0.05, 0.1) is 19.8 Å². The maximum absolute atomic E-state index is 13.4. The Hall–Kier alpha value is -2.08. The fraction of sp³-hybridized carbons (Fsp3) is 0.357. The van der Waals surface area contributed by atoms with Crippen LogP contribution in [0.5, 0.6) is 5.75 Å². The Labute approximate surface area is 117 Å². The van der Waals surface area contributed by atoms with Crippen molar-refractivity contribution in [3.05, 3.63) is 36.4 Å². The minimum atomic E-state index is -0.394. The Kier molecular flexibility index (Phi) is 4.57. The number of anilines is 2. The Bertz CT molecular complexity index is 571. The van der Waals surface area contributed by atoms with E-state index in [0.717, 1.165) is 0 Å². The summed E-state index contributed by atoms with van der Waals surface area (Å²) >= 11 is 0. The normalized spacial score (nSPS) is 12.2. The number of imidazole rings is 1. The molecule has 1 aromatic heterocycles. The third kappa shape index (κ3) is 3.08. The number of hydrogen-bond acceptors (Lipinski definition) is 4. The number of aromatic nitrogens is 2. The van der Waals surface area contributed by atoms with Gasteiger partial charge >= 0.3 is 0 Å². The van der Waals surface area contributed by atoms with E-state index in [0.29, 0.717) is 18.2 Å². The summed E-state index contributed by atoms with van der Waals surface area (Å²) < 4.78 is 25.4. The van der Waals surface area contributed by atoms with Crippen LogP contribution in [-0.4, -0.2) is 30.4 Å². The van der Waals surface area contributed by atoms with E-state index in [4.69, 9.17) is 9.47 Å². The van der Waals surface area contributed by atoms with Crippen molar-refractivity contribution in [3.63, 3.8) is 0 Å². The average Bonchev–Trinajstić information content (AvgIpc) is 2.89. The predicted octanol–water partition coefficient (Wildman–Crippen LogP) is 2.98. The smallest absolute Gasteiger partial charge is 0.207 e. The first kappa shape index (κ1) is 14.3. The molecule has 2 aromatic rings. The second kappa shape index (κ2) is 6.38.